The van der Waals surface area contributed by atoms with Gasteiger partial charge in [0.05, 0.1) is 19.1 Å². The maximum absolute atomic E-state index is 5.61. The van der Waals surface area contributed by atoms with E-state index in [1.165, 1.54) is 0 Å². The molecular weight excluding hydrogens is 234 g/mol. The lowest BCUT2D eigenvalue weighted by molar-refractivity contribution is 0.387. The van der Waals surface area contributed by atoms with Crippen molar-refractivity contribution < 1.29 is 9.47 Å². The molecule has 17 heavy (non-hydrogen) atoms. The molecule has 0 radical (unpaired) electrons. The van der Waals surface area contributed by atoms with Crippen LogP contribution in [0.4, 0.5) is 0 Å². The Labute approximate surface area is 108 Å². The van der Waals surface area contributed by atoms with Crippen molar-refractivity contribution in [3.05, 3.63) is 17.7 Å². The highest BCUT2D eigenvalue weighted by molar-refractivity contribution is 7.98. The van der Waals surface area contributed by atoms with Crippen LogP contribution in [0, 0.1) is 0 Å². The Morgan fingerprint density at radius 3 is 2.35 bits per heavy atom. The number of ether oxygens (including phenoxy) is 2. The van der Waals surface area contributed by atoms with E-state index in [1.54, 1.807) is 26.0 Å². The van der Waals surface area contributed by atoms with Crippen LogP contribution in [0.1, 0.15) is 24.8 Å². The van der Waals surface area contributed by atoms with Crippen LogP contribution in [0.15, 0.2) is 17.0 Å². The lowest BCUT2D eigenvalue weighted by atomic mass is 9.96. The normalized spacial score (nSPS) is 12.3. The third kappa shape index (κ3) is 3.30. The standard InChI is InChI=1S/C13H21NO2S/c1-9(5-6-14)10-7-12(16-3)13(17-4)8-11(10)15-2/h7-9H,5-6,14H2,1-4H3. The number of benzene rings is 1. The smallest absolute Gasteiger partial charge is 0.132 e. The van der Waals surface area contributed by atoms with Gasteiger partial charge in [-0.05, 0) is 37.3 Å². The maximum Gasteiger partial charge on any atom is 0.132 e. The fourth-order valence-electron chi connectivity index (χ4n) is 1.84. The Morgan fingerprint density at radius 1 is 1.24 bits per heavy atom. The summed E-state index contributed by atoms with van der Waals surface area (Å²) in [4.78, 5) is 1.09. The second-order valence-electron chi connectivity index (χ2n) is 3.93. The van der Waals surface area contributed by atoms with Crippen LogP contribution >= 0.6 is 11.8 Å². The first kappa shape index (κ1) is 14.2. The largest absolute Gasteiger partial charge is 0.496 e. The van der Waals surface area contributed by atoms with Crippen LogP contribution in [0.3, 0.4) is 0 Å². The van der Waals surface area contributed by atoms with E-state index in [2.05, 4.69) is 13.0 Å². The van der Waals surface area contributed by atoms with Gasteiger partial charge >= 0.3 is 0 Å². The van der Waals surface area contributed by atoms with Crippen LogP contribution in [-0.2, 0) is 0 Å². The van der Waals surface area contributed by atoms with E-state index in [1.807, 2.05) is 12.3 Å². The van der Waals surface area contributed by atoms with Crippen LogP contribution in [0.5, 0.6) is 11.5 Å². The number of methoxy groups -OCH3 is 2. The van der Waals surface area contributed by atoms with Crippen LogP contribution in [0.2, 0.25) is 0 Å². The van der Waals surface area contributed by atoms with Gasteiger partial charge < -0.3 is 15.2 Å². The van der Waals surface area contributed by atoms with Gasteiger partial charge in [0.2, 0.25) is 0 Å². The van der Waals surface area contributed by atoms with Crippen molar-refractivity contribution in [1.82, 2.24) is 0 Å². The Balaban J connectivity index is 3.18. The first-order valence-corrected chi connectivity index (χ1v) is 6.90. The lowest BCUT2D eigenvalue weighted by Gasteiger charge is -2.18. The summed E-state index contributed by atoms with van der Waals surface area (Å²) in [5, 5.41) is 0. The minimum atomic E-state index is 0.375. The molecule has 0 saturated carbocycles. The minimum absolute atomic E-state index is 0.375. The average molecular weight is 255 g/mol. The predicted molar refractivity (Wildman–Crippen MR) is 73.4 cm³/mol. The lowest BCUT2D eigenvalue weighted by Crippen LogP contribution is -2.06. The molecule has 0 aromatic heterocycles. The highest BCUT2D eigenvalue weighted by atomic mass is 32.2. The molecule has 0 fully saturated rings. The summed E-state index contributed by atoms with van der Waals surface area (Å²) in [6.07, 6.45) is 2.97. The maximum atomic E-state index is 5.61. The molecule has 0 amide bonds. The van der Waals surface area contributed by atoms with Gasteiger partial charge in [0.15, 0.2) is 0 Å². The zero-order valence-electron chi connectivity index (χ0n) is 10.9. The van der Waals surface area contributed by atoms with E-state index < -0.39 is 0 Å². The van der Waals surface area contributed by atoms with E-state index in [0.717, 1.165) is 28.4 Å². The van der Waals surface area contributed by atoms with Gasteiger partial charge in [-0.15, -0.1) is 11.8 Å². The molecule has 0 heterocycles. The van der Waals surface area contributed by atoms with Crippen LogP contribution < -0.4 is 15.2 Å². The summed E-state index contributed by atoms with van der Waals surface area (Å²) in [6, 6.07) is 4.09. The number of rotatable bonds is 6. The van der Waals surface area contributed by atoms with Crippen LogP contribution in [-0.4, -0.2) is 27.0 Å². The molecule has 0 bridgehead atoms. The molecule has 0 aliphatic carbocycles. The molecule has 0 spiro atoms. The van der Waals surface area contributed by atoms with E-state index >= 15 is 0 Å². The van der Waals surface area contributed by atoms with Gasteiger partial charge in [0.25, 0.3) is 0 Å². The molecule has 3 nitrogen and oxygen atoms in total. The van der Waals surface area contributed by atoms with Crippen LogP contribution in [0.25, 0.3) is 0 Å². The quantitative estimate of drug-likeness (QED) is 0.794. The zero-order valence-corrected chi connectivity index (χ0v) is 11.8. The molecule has 1 unspecified atom stereocenters. The second-order valence-corrected chi connectivity index (χ2v) is 4.78. The van der Waals surface area contributed by atoms with Crippen molar-refractivity contribution in [2.45, 2.75) is 24.2 Å². The van der Waals surface area contributed by atoms with E-state index in [-0.39, 0.29) is 0 Å². The first-order valence-electron chi connectivity index (χ1n) is 5.67. The third-order valence-electron chi connectivity index (χ3n) is 2.87. The highest BCUT2D eigenvalue weighted by Crippen LogP contribution is 2.38. The van der Waals surface area contributed by atoms with Crippen molar-refractivity contribution in [1.29, 1.82) is 0 Å². The van der Waals surface area contributed by atoms with Gasteiger partial charge in [0, 0.05) is 5.56 Å². The van der Waals surface area contributed by atoms with Crippen molar-refractivity contribution in [3.8, 4) is 11.5 Å². The molecular formula is C13H21NO2S. The molecule has 1 aromatic rings. The van der Waals surface area contributed by atoms with E-state index in [9.17, 15) is 0 Å². The SMILES string of the molecule is COc1cc(C(C)CCN)c(OC)cc1SC. The van der Waals surface area contributed by atoms with Crippen molar-refractivity contribution in [2.75, 3.05) is 27.0 Å². The van der Waals surface area contributed by atoms with E-state index in [0.29, 0.717) is 12.5 Å². The van der Waals surface area contributed by atoms with Gasteiger partial charge in [-0.2, -0.15) is 0 Å². The summed E-state index contributed by atoms with van der Waals surface area (Å²) in [6.45, 7) is 2.83. The number of hydrogen-bond acceptors (Lipinski definition) is 4. The monoisotopic (exact) mass is 255 g/mol. The molecule has 0 saturated heterocycles. The zero-order chi connectivity index (χ0) is 12.8. The van der Waals surface area contributed by atoms with Gasteiger partial charge in [-0.1, -0.05) is 6.92 Å². The fourth-order valence-corrected chi connectivity index (χ4v) is 2.41. The topological polar surface area (TPSA) is 44.5 Å². The highest BCUT2D eigenvalue weighted by Gasteiger charge is 2.15. The average Bonchev–Trinajstić information content (AvgIpc) is 2.37. The Kier molecular flexibility index (Phi) is 5.65. The molecule has 4 heteroatoms. The van der Waals surface area contributed by atoms with Gasteiger partial charge in [0.1, 0.15) is 11.5 Å². The fraction of sp³-hybridized carbons (Fsp3) is 0.538. The summed E-state index contributed by atoms with van der Waals surface area (Å²) >= 11 is 1.65. The minimum Gasteiger partial charge on any atom is -0.496 e. The van der Waals surface area contributed by atoms with Gasteiger partial charge in [-0.25, -0.2) is 0 Å². The molecule has 0 aliphatic heterocycles. The summed E-state index contributed by atoms with van der Waals surface area (Å²) < 4.78 is 10.8. The second kappa shape index (κ2) is 6.77. The van der Waals surface area contributed by atoms with Crippen molar-refractivity contribution in [2.24, 2.45) is 5.73 Å². The first-order chi connectivity index (χ1) is 8.17. The molecule has 1 aromatic carbocycles. The van der Waals surface area contributed by atoms with Gasteiger partial charge in [-0.3, -0.25) is 0 Å². The van der Waals surface area contributed by atoms with Crippen molar-refractivity contribution in [3.63, 3.8) is 0 Å². The Morgan fingerprint density at radius 2 is 1.88 bits per heavy atom. The predicted octanol–water partition coefficient (Wildman–Crippen LogP) is 2.88. The van der Waals surface area contributed by atoms with Crippen molar-refractivity contribution >= 4 is 11.8 Å². The number of hydrogen-bond donors (Lipinski definition) is 1. The Hall–Kier alpha value is -0.870. The third-order valence-corrected chi connectivity index (χ3v) is 3.63. The summed E-state index contributed by atoms with van der Waals surface area (Å²) in [5.74, 6) is 2.19. The molecule has 0 aliphatic rings. The summed E-state index contributed by atoms with van der Waals surface area (Å²) in [5.41, 5.74) is 6.77. The molecule has 1 atom stereocenters. The number of thioether (sulfide) groups is 1. The molecule has 1 rings (SSSR count). The van der Waals surface area contributed by atoms with E-state index in [4.69, 9.17) is 15.2 Å². The summed E-state index contributed by atoms with van der Waals surface area (Å²) in [7, 11) is 3.39. The molecule has 96 valence electrons. The number of nitrogens with two attached hydrogens (primary N) is 1. The molecule has 2 N–H and O–H groups in total. The Bertz CT molecular complexity index is 369.